The van der Waals surface area contributed by atoms with Gasteiger partial charge in [0.05, 0.1) is 12.6 Å². The number of hydrogen-bond acceptors (Lipinski definition) is 4. The topological polar surface area (TPSA) is 54.3 Å². The number of aliphatic imine (C=N–C) groups is 1. The van der Waals surface area contributed by atoms with Gasteiger partial charge >= 0.3 is 0 Å². The van der Waals surface area contributed by atoms with Crippen LogP contribution in [0.25, 0.3) is 0 Å². The van der Waals surface area contributed by atoms with Crippen LogP contribution in [0.3, 0.4) is 0 Å². The summed E-state index contributed by atoms with van der Waals surface area (Å²) < 4.78 is 0. The molecule has 2 saturated heterocycles. The number of β-amino-alcohol motifs (C(OH)–C–C–N with tert-alkyl or cyclic N) is 1. The first-order valence-corrected chi connectivity index (χ1v) is 8.81. The highest BCUT2D eigenvalue weighted by Crippen LogP contribution is 2.10. The Kier molecular flexibility index (Phi) is 6.92. The average molecular weight is 311 g/mol. The largest absolute Gasteiger partial charge is 0.391 e. The van der Waals surface area contributed by atoms with Crippen LogP contribution in [0.5, 0.6) is 0 Å². The van der Waals surface area contributed by atoms with Gasteiger partial charge < -0.3 is 20.2 Å². The molecule has 2 N–H and O–H groups in total. The minimum Gasteiger partial charge on any atom is -0.391 e. The fraction of sp³-hybridized carbons (Fsp3) is 0.938. The zero-order valence-corrected chi connectivity index (χ0v) is 14.5. The number of likely N-dealkylation sites (N-methyl/N-ethyl adjacent to an activating group) is 1. The molecule has 0 spiro atoms. The molecule has 0 aromatic rings. The summed E-state index contributed by atoms with van der Waals surface area (Å²) in [6, 6.07) is 0.472. The molecule has 22 heavy (non-hydrogen) atoms. The van der Waals surface area contributed by atoms with E-state index in [-0.39, 0.29) is 6.10 Å². The lowest BCUT2D eigenvalue weighted by molar-refractivity contribution is 0.109. The predicted octanol–water partition coefficient (Wildman–Crippen LogP) is 0.0445. The van der Waals surface area contributed by atoms with E-state index in [9.17, 15) is 5.11 Å². The SMILES string of the molecule is CCNC(=NCC(C)N1CCN(CC)CC1)N1CC[C@@H](O)C1. The first-order chi connectivity index (χ1) is 10.6. The molecule has 128 valence electrons. The molecule has 2 heterocycles. The molecule has 1 unspecified atom stereocenters. The van der Waals surface area contributed by atoms with Gasteiger partial charge in [0.25, 0.3) is 0 Å². The lowest BCUT2D eigenvalue weighted by atomic mass is 10.2. The van der Waals surface area contributed by atoms with E-state index in [0.717, 1.165) is 51.6 Å². The minimum atomic E-state index is -0.205. The van der Waals surface area contributed by atoms with Crippen LogP contribution >= 0.6 is 0 Å². The molecule has 0 radical (unpaired) electrons. The van der Waals surface area contributed by atoms with Gasteiger partial charge in [0.2, 0.25) is 0 Å². The van der Waals surface area contributed by atoms with Gasteiger partial charge in [-0.05, 0) is 26.8 Å². The minimum absolute atomic E-state index is 0.205. The monoisotopic (exact) mass is 311 g/mol. The fourth-order valence-electron chi connectivity index (χ4n) is 3.21. The summed E-state index contributed by atoms with van der Waals surface area (Å²) >= 11 is 0. The summed E-state index contributed by atoms with van der Waals surface area (Å²) in [6.07, 6.45) is 0.641. The molecule has 6 heteroatoms. The Morgan fingerprint density at radius 2 is 1.95 bits per heavy atom. The first kappa shape index (κ1) is 17.5. The van der Waals surface area contributed by atoms with Crippen LogP contribution < -0.4 is 5.32 Å². The van der Waals surface area contributed by atoms with Crippen molar-refractivity contribution < 1.29 is 5.11 Å². The Morgan fingerprint density at radius 3 is 2.50 bits per heavy atom. The summed E-state index contributed by atoms with van der Waals surface area (Å²) in [5.41, 5.74) is 0. The van der Waals surface area contributed by atoms with Crippen LogP contribution in [0.15, 0.2) is 4.99 Å². The van der Waals surface area contributed by atoms with Crippen molar-refractivity contribution in [1.29, 1.82) is 0 Å². The van der Waals surface area contributed by atoms with Gasteiger partial charge in [0.15, 0.2) is 5.96 Å². The number of likely N-dealkylation sites (tertiary alicyclic amines) is 1. The molecule has 2 aliphatic rings. The highest BCUT2D eigenvalue weighted by atomic mass is 16.3. The average Bonchev–Trinajstić information content (AvgIpc) is 2.97. The molecule has 0 aliphatic carbocycles. The van der Waals surface area contributed by atoms with Crippen LogP contribution in [-0.2, 0) is 0 Å². The van der Waals surface area contributed by atoms with Gasteiger partial charge in [-0.2, -0.15) is 0 Å². The maximum atomic E-state index is 9.71. The van der Waals surface area contributed by atoms with Crippen LogP contribution in [0.2, 0.25) is 0 Å². The molecule has 0 amide bonds. The van der Waals surface area contributed by atoms with E-state index >= 15 is 0 Å². The predicted molar refractivity (Wildman–Crippen MR) is 91.3 cm³/mol. The number of guanidine groups is 1. The quantitative estimate of drug-likeness (QED) is 0.555. The molecule has 2 rings (SSSR count). The highest BCUT2D eigenvalue weighted by Gasteiger charge is 2.24. The molecule has 0 aromatic heterocycles. The summed E-state index contributed by atoms with van der Waals surface area (Å²) in [7, 11) is 0. The van der Waals surface area contributed by atoms with E-state index in [1.165, 1.54) is 13.1 Å². The van der Waals surface area contributed by atoms with Crippen molar-refractivity contribution >= 4 is 5.96 Å². The van der Waals surface area contributed by atoms with Crippen LogP contribution in [0.4, 0.5) is 0 Å². The van der Waals surface area contributed by atoms with Gasteiger partial charge in [-0.1, -0.05) is 6.92 Å². The van der Waals surface area contributed by atoms with Gasteiger partial charge in [-0.15, -0.1) is 0 Å². The molecule has 0 aromatic carbocycles. The van der Waals surface area contributed by atoms with Crippen molar-refractivity contribution in [1.82, 2.24) is 20.0 Å². The maximum Gasteiger partial charge on any atom is 0.194 e. The zero-order chi connectivity index (χ0) is 15.9. The second-order valence-electron chi connectivity index (χ2n) is 6.40. The molecule has 0 bridgehead atoms. The Hall–Kier alpha value is -0.850. The molecular weight excluding hydrogens is 278 g/mol. The van der Waals surface area contributed by atoms with Crippen molar-refractivity contribution in [3.63, 3.8) is 0 Å². The second-order valence-corrected chi connectivity index (χ2v) is 6.40. The molecule has 2 fully saturated rings. The van der Waals surface area contributed by atoms with Crippen molar-refractivity contribution in [2.45, 2.75) is 39.3 Å². The van der Waals surface area contributed by atoms with Crippen LogP contribution in [-0.4, -0.2) is 96.8 Å². The summed E-state index contributed by atoms with van der Waals surface area (Å²) in [4.78, 5) is 12.0. The molecular formula is C16H33N5O. The van der Waals surface area contributed by atoms with Crippen molar-refractivity contribution in [2.24, 2.45) is 4.99 Å². The smallest absolute Gasteiger partial charge is 0.194 e. The van der Waals surface area contributed by atoms with E-state index < -0.39 is 0 Å². The van der Waals surface area contributed by atoms with E-state index in [4.69, 9.17) is 4.99 Å². The lowest BCUT2D eigenvalue weighted by Crippen LogP contribution is -2.50. The third kappa shape index (κ3) is 4.83. The second kappa shape index (κ2) is 8.70. The maximum absolute atomic E-state index is 9.71. The highest BCUT2D eigenvalue weighted by molar-refractivity contribution is 5.80. The Bertz CT molecular complexity index is 354. The van der Waals surface area contributed by atoms with Crippen molar-refractivity contribution in [3.8, 4) is 0 Å². The number of aliphatic hydroxyl groups is 1. The summed E-state index contributed by atoms with van der Waals surface area (Å²) in [5.74, 6) is 0.957. The summed E-state index contributed by atoms with van der Waals surface area (Å²) in [6.45, 7) is 15.7. The van der Waals surface area contributed by atoms with Crippen molar-refractivity contribution in [2.75, 3.05) is 58.9 Å². The molecule has 2 aliphatic heterocycles. The van der Waals surface area contributed by atoms with E-state index in [2.05, 4.69) is 40.8 Å². The lowest BCUT2D eigenvalue weighted by Gasteiger charge is -2.37. The normalized spacial score (nSPS) is 26.5. The summed E-state index contributed by atoms with van der Waals surface area (Å²) in [5, 5.41) is 13.1. The Balaban J connectivity index is 1.84. The van der Waals surface area contributed by atoms with E-state index in [0.29, 0.717) is 12.6 Å². The fourth-order valence-corrected chi connectivity index (χ4v) is 3.21. The number of nitrogens with zero attached hydrogens (tertiary/aromatic N) is 4. The van der Waals surface area contributed by atoms with Crippen LogP contribution in [0, 0.1) is 0 Å². The van der Waals surface area contributed by atoms with Gasteiger partial charge in [0.1, 0.15) is 0 Å². The Labute approximate surface area is 135 Å². The third-order valence-corrected chi connectivity index (χ3v) is 4.78. The van der Waals surface area contributed by atoms with Gasteiger partial charge in [-0.25, -0.2) is 0 Å². The number of nitrogens with one attached hydrogen (secondary N) is 1. The van der Waals surface area contributed by atoms with Gasteiger partial charge in [-0.3, -0.25) is 9.89 Å². The standard InChI is InChI=1S/C16H33N5O/c1-4-17-16(21-7-6-15(22)13-21)18-12-14(3)20-10-8-19(5-2)9-11-20/h14-15,22H,4-13H2,1-3H3,(H,17,18)/t14?,15-/m1/s1. The van der Waals surface area contributed by atoms with Gasteiger partial charge in [0, 0.05) is 51.9 Å². The third-order valence-electron chi connectivity index (χ3n) is 4.78. The van der Waals surface area contributed by atoms with E-state index in [1.54, 1.807) is 0 Å². The van der Waals surface area contributed by atoms with Crippen LogP contribution in [0.1, 0.15) is 27.2 Å². The number of rotatable bonds is 5. The Morgan fingerprint density at radius 1 is 1.23 bits per heavy atom. The number of hydrogen-bond donors (Lipinski definition) is 2. The first-order valence-electron chi connectivity index (χ1n) is 8.81. The van der Waals surface area contributed by atoms with Crippen molar-refractivity contribution in [3.05, 3.63) is 0 Å². The molecule has 6 nitrogen and oxygen atoms in total. The number of piperazine rings is 1. The van der Waals surface area contributed by atoms with E-state index in [1.807, 2.05) is 0 Å². The molecule has 0 saturated carbocycles. The molecule has 2 atom stereocenters. The zero-order valence-electron chi connectivity index (χ0n) is 14.5. The number of aliphatic hydroxyl groups excluding tert-OH is 1.